The minimum atomic E-state index is -0.139. The number of fused-ring (bicyclic) bond motifs is 1. The number of aryl methyl sites for hydroxylation is 1. The van der Waals surface area contributed by atoms with Crippen LogP contribution in [0.1, 0.15) is 28.4 Å². The molecule has 0 N–H and O–H groups in total. The summed E-state index contributed by atoms with van der Waals surface area (Å²) in [6.07, 6.45) is 0.960. The topological polar surface area (TPSA) is 51.7 Å². The number of carbonyl (C=O) groups excluding carboxylic acids is 1. The van der Waals surface area contributed by atoms with Crippen molar-refractivity contribution >= 4 is 32.6 Å². The summed E-state index contributed by atoms with van der Waals surface area (Å²) in [6.45, 7) is 2.56. The van der Waals surface area contributed by atoms with E-state index in [-0.39, 0.29) is 5.91 Å². The highest BCUT2D eigenvalue weighted by molar-refractivity contribution is 7.22. The Bertz CT molecular complexity index is 1200. The highest BCUT2D eigenvalue weighted by Gasteiger charge is 2.23. The van der Waals surface area contributed by atoms with Gasteiger partial charge in [-0.25, -0.2) is 4.98 Å². The molecule has 6 heteroatoms. The molecule has 1 aromatic heterocycles. The third kappa shape index (κ3) is 4.39. The number of aromatic nitrogens is 1. The summed E-state index contributed by atoms with van der Waals surface area (Å²) in [6, 6.07) is 21.4. The number of hydrogen-bond donors (Lipinski definition) is 0. The Morgan fingerprint density at radius 1 is 0.935 bits per heavy atom. The number of anilines is 1. The number of amides is 1. The van der Waals surface area contributed by atoms with Crippen LogP contribution in [-0.4, -0.2) is 25.1 Å². The van der Waals surface area contributed by atoms with Crippen LogP contribution in [-0.2, 0) is 13.0 Å². The maximum atomic E-state index is 13.6. The zero-order valence-electron chi connectivity index (χ0n) is 17.8. The number of nitrogens with zero attached hydrogens (tertiary/aromatic N) is 2. The monoisotopic (exact) mass is 432 g/mol. The normalized spacial score (nSPS) is 10.8. The number of ether oxygens (including phenoxy) is 2. The maximum Gasteiger partial charge on any atom is 0.260 e. The standard InChI is InChI=1S/C25H24N2O3S/c1-4-17-10-12-20-23(14-17)31-25(26-20)27(16-18-8-6-5-7-9-18)24(28)19-11-13-21(29-2)22(15-19)30-3/h5-15H,4,16H2,1-3H3. The van der Waals surface area contributed by atoms with Crippen LogP contribution in [0.15, 0.2) is 66.7 Å². The zero-order chi connectivity index (χ0) is 21.8. The first-order chi connectivity index (χ1) is 15.1. The highest BCUT2D eigenvalue weighted by Crippen LogP contribution is 2.33. The number of methoxy groups -OCH3 is 2. The predicted molar refractivity (Wildman–Crippen MR) is 125 cm³/mol. The summed E-state index contributed by atoms with van der Waals surface area (Å²) >= 11 is 1.53. The van der Waals surface area contributed by atoms with Gasteiger partial charge in [0.2, 0.25) is 0 Å². The first-order valence-electron chi connectivity index (χ1n) is 10.1. The van der Waals surface area contributed by atoms with Crippen molar-refractivity contribution in [2.45, 2.75) is 19.9 Å². The summed E-state index contributed by atoms with van der Waals surface area (Å²) in [5, 5.41) is 0.673. The van der Waals surface area contributed by atoms with Crippen LogP contribution in [0.4, 0.5) is 5.13 Å². The van der Waals surface area contributed by atoms with Crippen LogP contribution in [0, 0.1) is 0 Å². The molecule has 0 fully saturated rings. The van der Waals surface area contributed by atoms with Crippen LogP contribution in [0.5, 0.6) is 11.5 Å². The maximum absolute atomic E-state index is 13.6. The Kier molecular flexibility index (Phi) is 6.18. The summed E-state index contributed by atoms with van der Waals surface area (Å²) in [5.74, 6) is 0.963. The van der Waals surface area contributed by atoms with Crippen molar-refractivity contribution in [1.29, 1.82) is 0 Å². The van der Waals surface area contributed by atoms with Crippen molar-refractivity contribution in [2.75, 3.05) is 19.1 Å². The molecule has 0 aliphatic heterocycles. The molecule has 3 aromatic carbocycles. The van der Waals surface area contributed by atoms with E-state index in [2.05, 4.69) is 19.1 Å². The Labute approximate surface area is 185 Å². The van der Waals surface area contributed by atoms with Gasteiger partial charge in [0.15, 0.2) is 16.6 Å². The second-order valence-electron chi connectivity index (χ2n) is 7.10. The third-order valence-electron chi connectivity index (χ3n) is 5.14. The van der Waals surface area contributed by atoms with E-state index in [1.165, 1.54) is 16.9 Å². The highest BCUT2D eigenvalue weighted by atomic mass is 32.1. The summed E-state index contributed by atoms with van der Waals surface area (Å²) < 4.78 is 11.8. The van der Waals surface area contributed by atoms with E-state index in [0.29, 0.717) is 28.7 Å². The summed E-state index contributed by atoms with van der Waals surface area (Å²) in [4.78, 5) is 20.1. The predicted octanol–water partition coefficient (Wildman–Crippen LogP) is 5.72. The largest absolute Gasteiger partial charge is 0.493 e. The molecule has 0 bridgehead atoms. The molecule has 0 aliphatic carbocycles. The molecule has 31 heavy (non-hydrogen) atoms. The first-order valence-corrected chi connectivity index (χ1v) is 10.9. The Morgan fingerprint density at radius 3 is 2.42 bits per heavy atom. The molecule has 0 aliphatic rings. The number of hydrogen-bond acceptors (Lipinski definition) is 5. The molecule has 158 valence electrons. The molecule has 0 saturated heterocycles. The molecule has 1 heterocycles. The number of rotatable bonds is 7. The Balaban J connectivity index is 1.76. The fourth-order valence-corrected chi connectivity index (χ4v) is 4.44. The van der Waals surface area contributed by atoms with Gasteiger partial charge in [-0.2, -0.15) is 0 Å². The molecule has 0 saturated carbocycles. The molecule has 0 radical (unpaired) electrons. The molecule has 0 atom stereocenters. The van der Waals surface area contributed by atoms with E-state index < -0.39 is 0 Å². The minimum Gasteiger partial charge on any atom is -0.493 e. The van der Waals surface area contributed by atoms with Gasteiger partial charge in [0.05, 0.1) is 31.0 Å². The summed E-state index contributed by atoms with van der Waals surface area (Å²) in [7, 11) is 3.14. The number of benzene rings is 3. The van der Waals surface area contributed by atoms with Crippen molar-refractivity contribution in [2.24, 2.45) is 0 Å². The van der Waals surface area contributed by atoms with Gasteiger partial charge < -0.3 is 9.47 Å². The van der Waals surface area contributed by atoms with Crippen LogP contribution < -0.4 is 14.4 Å². The molecular weight excluding hydrogens is 408 g/mol. The lowest BCUT2D eigenvalue weighted by Crippen LogP contribution is -2.30. The van der Waals surface area contributed by atoms with Crippen LogP contribution in [0.3, 0.4) is 0 Å². The molecule has 5 nitrogen and oxygen atoms in total. The van der Waals surface area contributed by atoms with Crippen molar-refractivity contribution in [3.05, 3.63) is 83.4 Å². The van der Waals surface area contributed by atoms with E-state index >= 15 is 0 Å². The van der Waals surface area contributed by atoms with E-state index in [1.54, 1.807) is 37.3 Å². The van der Waals surface area contributed by atoms with E-state index in [9.17, 15) is 4.79 Å². The fourth-order valence-electron chi connectivity index (χ4n) is 3.41. The van der Waals surface area contributed by atoms with Gasteiger partial charge in [0, 0.05) is 5.56 Å². The Hall–Kier alpha value is -3.38. The van der Waals surface area contributed by atoms with Gasteiger partial charge in [-0.05, 0) is 47.9 Å². The van der Waals surface area contributed by atoms with Gasteiger partial charge in [-0.3, -0.25) is 9.69 Å². The number of thiazole rings is 1. The zero-order valence-corrected chi connectivity index (χ0v) is 18.6. The average molecular weight is 433 g/mol. The first kappa shape index (κ1) is 20.9. The average Bonchev–Trinajstić information content (AvgIpc) is 3.25. The minimum absolute atomic E-state index is 0.139. The molecule has 1 amide bonds. The number of carbonyl (C=O) groups is 1. The van der Waals surface area contributed by atoms with Crippen molar-refractivity contribution < 1.29 is 14.3 Å². The van der Waals surface area contributed by atoms with Crippen molar-refractivity contribution in [3.63, 3.8) is 0 Å². The molecular formula is C25H24N2O3S. The third-order valence-corrected chi connectivity index (χ3v) is 6.18. The van der Waals surface area contributed by atoms with Gasteiger partial charge in [-0.1, -0.05) is 54.7 Å². The lowest BCUT2D eigenvalue weighted by molar-refractivity contribution is 0.0984. The van der Waals surface area contributed by atoms with Crippen molar-refractivity contribution in [1.82, 2.24) is 4.98 Å². The van der Waals surface area contributed by atoms with Crippen LogP contribution in [0.25, 0.3) is 10.2 Å². The van der Waals surface area contributed by atoms with Gasteiger partial charge in [0.25, 0.3) is 5.91 Å². The fraction of sp³-hybridized carbons (Fsp3) is 0.200. The van der Waals surface area contributed by atoms with E-state index in [4.69, 9.17) is 14.5 Å². The SMILES string of the molecule is CCc1ccc2nc(N(Cc3ccccc3)C(=O)c3ccc(OC)c(OC)c3)sc2c1. The summed E-state index contributed by atoms with van der Waals surface area (Å²) in [5.41, 5.74) is 3.70. The molecule has 0 spiro atoms. The van der Waals surface area contributed by atoms with E-state index in [0.717, 1.165) is 22.2 Å². The van der Waals surface area contributed by atoms with Crippen molar-refractivity contribution in [3.8, 4) is 11.5 Å². The van der Waals surface area contributed by atoms with Gasteiger partial charge in [0.1, 0.15) is 0 Å². The quantitative estimate of drug-likeness (QED) is 0.375. The second kappa shape index (κ2) is 9.18. The lowest BCUT2D eigenvalue weighted by Gasteiger charge is -2.21. The molecule has 0 unspecified atom stereocenters. The van der Waals surface area contributed by atoms with Gasteiger partial charge >= 0.3 is 0 Å². The van der Waals surface area contributed by atoms with E-state index in [1.807, 2.05) is 36.4 Å². The van der Waals surface area contributed by atoms with Crippen LogP contribution in [0.2, 0.25) is 0 Å². The molecule has 4 rings (SSSR count). The lowest BCUT2D eigenvalue weighted by atomic mass is 10.1. The Morgan fingerprint density at radius 2 is 1.71 bits per heavy atom. The molecule has 4 aromatic rings. The smallest absolute Gasteiger partial charge is 0.260 e. The second-order valence-corrected chi connectivity index (χ2v) is 8.11. The van der Waals surface area contributed by atoms with Gasteiger partial charge in [-0.15, -0.1) is 0 Å². The van der Waals surface area contributed by atoms with Crippen LogP contribution >= 0.6 is 11.3 Å².